The molecule has 6 nitrogen and oxygen atoms in total. The van der Waals surface area contributed by atoms with Crippen LogP contribution in [0.1, 0.15) is 19.3 Å². The van der Waals surface area contributed by atoms with E-state index in [1.165, 1.54) is 16.4 Å². The molecule has 1 atom stereocenters. The molecule has 22 heavy (non-hydrogen) atoms. The lowest BCUT2D eigenvalue weighted by molar-refractivity contribution is -0.140. The summed E-state index contributed by atoms with van der Waals surface area (Å²) in [4.78, 5) is 11.8. The Labute approximate surface area is 130 Å². The van der Waals surface area contributed by atoms with Crippen LogP contribution >= 0.6 is 0 Å². The van der Waals surface area contributed by atoms with Crippen LogP contribution in [0.2, 0.25) is 0 Å². The fraction of sp³-hybridized carbons (Fsp3) is 0.533. The molecule has 2 aliphatic heterocycles. The van der Waals surface area contributed by atoms with Gasteiger partial charge in [0.2, 0.25) is 10.0 Å². The Balaban J connectivity index is 1.95. The van der Waals surface area contributed by atoms with Crippen LogP contribution in [0.3, 0.4) is 0 Å². The third-order valence-corrected chi connectivity index (χ3v) is 6.63. The van der Waals surface area contributed by atoms with Gasteiger partial charge in [-0.1, -0.05) is 18.2 Å². The molecular weight excluding hydrogens is 304 g/mol. The highest BCUT2D eigenvalue weighted by Gasteiger charge is 2.51. The molecule has 120 valence electrons. The van der Waals surface area contributed by atoms with Crippen LogP contribution in [0.25, 0.3) is 0 Å². The standard InChI is InChI=1S/C15H20N2O4S/c18-14(19)13-10-15(6-8-16-9-7-15)11-17(13)22(20,21)12-4-2-1-3-5-12/h1-5,13,16H,6-11H2,(H,18,19). The van der Waals surface area contributed by atoms with Crippen LogP contribution in [-0.4, -0.2) is 49.5 Å². The van der Waals surface area contributed by atoms with Crippen molar-refractivity contribution in [1.82, 2.24) is 9.62 Å². The number of carboxylic acid groups (broad SMARTS) is 1. The number of carbonyl (C=O) groups is 1. The van der Waals surface area contributed by atoms with Gasteiger partial charge in [0.1, 0.15) is 6.04 Å². The quantitative estimate of drug-likeness (QED) is 0.863. The van der Waals surface area contributed by atoms with Crippen LogP contribution in [0.5, 0.6) is 0 Å². The first-order chi connectivity index (χ1) is 10.4. The molecule has 3 rings (SSSR count). The molecule has 2 fully saturated rings. The normalized spacial score (nSPS) is 25.4. The zero-order valence-corrected chi connectivity index (χ0v) is 13.1. The van der Waals surface area contributed by atoms with Gasteiger partial charge in [-0.25, -0.2) is 8.42 Å². The number of aliphatic carboxylic acids is 1. The maximum Gasteiger partial charge on any atom is 0.322 e. The van der Waals surface area contributed by atoms with E-state index in [0.29, 0.717) is 13.0 Å². The zero-order chi connectivity index (χ0) is 15.8. The molecule has 2 saturated heterocycles. The molecule has 1 spiro atoms. The van der Waals surface area contributed by atoms with E-state index in [2.05, 4.69) is 5.32 Å². The van der Waals surface area contributed by atoms with E-state index >= 15 is 0 Å². The first-order valence-corrected chi connectivity index (χ1v) is 8.89. The Bertz CT molecular complexity index is 653. The van der Waals surface area contributed by atoms with Gasteiger partial charge in [0, 0.05) is 6.54 Å². The lowest BCUT2D eigenvalue weighted by Crippen LogP contribution is -2.41. The summed E-state index contributed by atoms with van der Waals surface area (Å²) in [5.74, 6) is -1.06. The summed E-state index contributed by atoms with van der Waals surface area (Å²) in [5.41, 5.74) is -0.212. The topological polar surface area (TPSA) is 86.7 Å². The van der Waals surface area contributed by atoms with E-state index in [9.17, 15) is 18.3 Å². The first-order valence-electron chi connectivity index (χ1n) is 7.45. The van der Waals surface area contributed by atoms with Crippen molar-refractivity contribution in [3.05, 3.63) is 30.3 Å². The van der Waals surface area contributed by atoms with Gasteiger partial charge in [-0.2, -0.15) is 4.31 Å². The van der Waals surface area contributed by atoms with Crippen molar-refractivity contribution in [3.8, 4) is 0 Å². The molecule has 0 aromatic heterocycles. The lowest BCUT2D eigenvalue weighted by atomic mass is 9.77. The summed E-state index contributed by atoms with van der Waals surface area (Å²) >= 11 is 0. The zero-order valence-electron chi connectivity index (χ0n) is 12.2. The minimum absolute atomic E-state index is 0.159. The van der Waals surface area contributed by atoms with E-state index in [1.807, 2.05) is 0 Å². The summed E-state index contributed by atoms with van der Waals surface area (Å²) in [5, 5.41) is 12.7. The molecule has 0 saturated carbocycles. The summed E-state index contributed by atoms with van der Waals surface area (Å²) in [6.45, 7) is 1.92. The van der Waals surface area contributed by atoms with Gasteiger partial charge in [0.05, 0.1) is 4.90 Å². The molecule has 0 radical (unpaired) electrons. The Hall–Kier alpha value is -1.44. The van der Waals surface area contributed by atoms with Crippen LogP contribution in [0.15, 0.2) is 35.2 Å². The number of hydrogen-bond acceptors (Lipinski definition) is 4. The molecule has 1 unspecified atom stereocenters. The summed E-state index contributed by atoms with van der Waals surface area (Å²) in [7, 11) is -3.78. The second-order valence-electron chi connectivity index (χ2n) is 6.17. The lowest BCUT2D eigenvalue weighted by Gasteiger charge is -2.33. The number of hydrogen-bond donors (Lipinski definition) is 2. The molecule has 2 heterocycles. The number of carboxylic acids is 1. The second kappa shape index (κ2) is 5.64. The van der Waals surface area contributed by atoms with Crippen LogP contribution in [0.4, 0.5) is 0 Å². The Kier molecular flexibility index (Phi) is 3.96. The molecule has 7 heteroatoms. The van der Waals surface area contributed by atoms with Crippen molar-refractivity contribution in [1.29, 1.82) is 0 Å². The van der Waals surface area contributed by atoms with Crippen molar-refractivity contribution >= 4 is 16.0 Å². The number of nitrogens with zero attached hydrogens (tertiary/aromatic N) is 1. The molecule has 0 aliphatic carbocycles. The average Bonchev–Trinajstić information content (AvgIpc) is 2.89. The van der Waals surface area contributed by atoms with Crippen molar-refractivity contribution in [2.24, 2.45) is 5.41 Å². The molecule has 0 amide bonds. The van der Waals surface area contributed by atoms with Crippen molar-refractivity contribution in [2.75, 3.05) is 19.6 Å². The predicted molar refractivity (Wildman–Crippen MR) is 80.9 cm³/mol. The van der Waals surface area contributed by atoms with Crippen molar-refractivity contribution in [3.63, 3.8) is 0 Å². The minimum Gasteiger partial charge on any atom is -0.480 e. The third kappa shape index (κ3) is 2.64. The van der Waals surface area contributed by atoms with Gasteiger partial charge in [-0.15, -0.1) is 0 Å². The Morgan fingerprint density at radius 3 is 2.45 bits per heavy atom. The second-order valence-corrected chi connectivity index (χ2v) is 8.06. The van der Waals surface area contributed by atoms with Crippen LogP contribution < -0.4 is 5.32 Å². The van der Waals surface area contributed by atoms with E-state index in [-0.39, 0.29) is 10.3 Å². The molecule has 1 aromatic rings. The van der Waals surface area contributed by atoms with E-state index in [0.717, 1.165) is 25.9 Å². The fourth-order valence-electron chi connectivity index (χ4n) is 3.53. The third-order valence-electron chi connectivity index (χ3n) is 4.76. The highest BCUT2D eigenvalue weighted by molar-refractivity contribution is 7.89. The summed E-state index contributed by atoms with van der Waals surface area (Å²) in [6.07, 6.45) is 2.03. The van der Waals surface area contributed by atoms with Gasteiger partial charge >= 0.3 is 5.97 Å². The molecular formula is C15H20N2O4S. The molecule has 2 N–H and O–H groups in total. The first kappa shape index (κ1) is 15.5. The highest BCUT2D eigenvalue weighted by atomic mass is 32.2. The summed E-state index contributed by atoms with van der Waals surface area (Å²) < 4.78 is 26.8. The maximum absolute atomic E-state index is 12.8. The monoisotopic (exact) mass is 324 g/mol. The van der Waals surface area contributed by atoms with Crippen LogP contribution in [-0.2, 0) is 14.8 Å². The number of nitrogens with one attached hydrogen (secondary N) is 1. The Morgan fingerprint density at radius 2 is 1.86 bits per heavy atom. The van der Waals surface area contributed by atoms with E-state index in [4.69, 9.17) is 0 Å². The van der Waals surface area contributed by atoms with Crippen molar-refractivity contribution in [2.45, 2.75) is 30.2 Å². The maximum atomic E-state index is 12.8. The van der Waals surface area contributed by atoms with Gasteiger partial charge in [-0.3, -0.25) is 4.79 Å². The van der Waals surface area contributed by atoms with Crippen LogP contribution in [0, 0.1) is 5.41 Å². The number of piperidine rings is 1. The van der Waals surface area contributed by atoms with E-state index < -0.39 is 22.0 Å². The highest BCUT2D eigenvalue weighted by Crippen LogP contribution is 2.44. The minimum atomic E-state index is -3.78. The number of sulfonamides is 1. The fourth-order valence-corrected chi connectivity index (χ4v) is 5.24. The van der Waals surface area contributed by atoms with Gasteiger partial charge < -0.3 is 10.4 Å². The smallest absolute Gasteiger partial charge is 0.322 e. The van der Waals surface area contributed by atoms with Gasteiger partial charge in [0.25, 0.3) is 0 Å². The molecule has 0 bridgehead atoms. The van der Waals surface area contributed by atoms with E-state index in [1.54, 1.807) is 18.2 Å². The number of benzene rings is 1. The average molecular weight is 324 g/mol. The van der Waals surface area contributed by atoms with Gasteiger partial charge in [0.15, 0.2) is 0 Å². The molecule has 2 aliphatic rings. The van der Waals surface area contributed by atoms with Crippen molar-refractivity contribution < 1.29 is 18.3 Å². The largest absolute Gasteiger partial charge is 0.480 e. The molecule has 1 aromatic carbocycles. The Morgan fingerprint density at radius 1 is 1.23 bits per heavy atom. The SMILES string of the molecule is O=C(O)C1CC2(CCNCC2)CN1S(=O)(=O)c1ccccc1. The number of rotatable bonds is 3. The predicted octanol–water partition coefficient (Wildman–Crippen LogP) is 0.904. The van der Waals surface area contributed by atoms with Gasteiger partial charge in [-0.05, 0) is 49.9 Å². The summed E-state index contributed by atoms with van der Waals surface area (Å²) in [6, 6.07) is 7.11.